The van der Waals surface area contributed by atoms with Crippen LogP contribution in [0.3, 0.4) is 0 Å². The van der Waals surface area contributed by atoms with Gasteiger partial charge in [-0.15, -0.1) is 0 Å². The van der Waals surface area contributed by atoms with E-state index in [-0.39, 0.29) is 0 Å². The van der Waals surface area contributed by atoms with Crippen LogP contribution in [-0.2, 0) is 14.3 Å². The predicted octanol–water partition coefficient (Wildman–Crippen LogP) is 3.27. The lowest BCUT2D eigenvalue weighted by molar-refractivity contribution is -0.149. The number of alkyl carbamates (subject to hydrolysis) is 1. The normalized spacial score (nSPS) is 12.7. The Bertz CT molecular complexity index is 297. The third-order valence-electron chi connectivity index (χ3n) is 2.79. The molecule has 1 atom stereocenters. The zero-order valence-electron chi connectivity index (χ0n) is 13.5. The standard InChI is InChI=1S/C15H29NO4/c1-6-8-9-11-19-13(17)12(15(3,4)5)16-14(18)20-10-7-2/h12H,6-11H2,1-5H3,(H,16,18). The highest BCUT2D eigenvalue weighted by atomic mass is 16.6. The number of ether oxygens (including phenoxy) is 2. The Kier molecular flexibility index (Phi) is 9.01. The van der Waals surface area contributed by atoms with Gasteiger partial charge in [-0.05, 0) is 18.3 Å². The maximum atomic E-state index is 12.1. The summed E-state index contributed by atoms with van der Waals surface area (Å²) < 4.78 is 10.2. The molecule has 1 unspecified atom stereocenters. The number of unbranched alkanes of at least 4 members (excludes halogenated alkanes) is 2. The van der Waals surface area contributed by atoms with Gasteiger partial charge in [0.25, 0.3) is 0 Å². The predicted molar refractivity (Wildman–Crippen MR) is 78.5 cm³/mol. The van der Waals surface area contributed by atoms with E-state index in [4.69, 9.17) is 9.47 Å². The number of hydrogen-bond donors (Lipinski definition) is 1. The molecule has 0 rings (SSSR count). The molecule has 1 amide bonds. The number of rotatable bonds is 8. The van der Waals surface area contributed by atoms with Gasteiger partial charge >= 0.3 is 12.1 Å². The largest absolute Gasteiger partial charge is 0.464 e. The van der Waals surface area contributed by atoms with Crippen molar-refractivity contribution in [3.05, 3.63) is 0 Å². The minimum atomic E-state index is -0.700. The van der Waals surface area contributed by atoms with E-state index in [1.165, 1.54) is 0 Å². The van der Waals surface area contributed by atoms with Crippen LogP contribution in [0.2, 0.25) is 0 Å². The van der Waals surface area contributed by atoms with E-state index >= 15 is 0 Å². The lowest BCUT2D eigenvalue weighted by Crippen LogP contribution is -2.50. The maximum Gasteiger partial charge on any atom is 0.407 e. The van der Waals surface area contributed by atoms with E-state index in [1.807, 2.05) is 27.7 Å². The van der Waals surface area contributed by atoms with E-state index in [9.17, 15) is 9.59 Å². The van der Waals surface area contributed by atoms with Crippen LogP contribution in [0.5, 0.6) is 0 Å². The number of amides is 1. The molecule has 0 aliphatic carbocycles. The van der Waals surface area contributed by atoms with Gasteiger partial charge in [0.2, 0.25) is 0 Å². The molecule has 1 N–H and O–H groups in total. The molecule has 0 bridgehead atoms. The third kappa shape index (κ3) is 8.02. The van der Waals surface area contributed by atoms with E-state index in [1.54, 1.807) is 0 Å². The second kappa shape index (κ2) is 9.61. The van der Waals surface area contributed by atoms with Crippen LogP contribution in [0, 0.1) is 5.41 Å². The van der Waals surface area contributed by atoms with Crippen molar-refractivity contribution in [2.24, 2.45) is 5.41 Å². The summed E-state index contributed by atoms with van der Waals surface area (Å²) in [5.41, 5.74) is -0.424. The molecule has 0 radical (unpaired) electrons. The zero-order valence-corrected chi connectivity index (χ0v) is 13.5. The SMILES string of the molecule is CCCCCOC(=O)C(NC(=O)OCCC)C(C)(C)C. The lowest BCUT2D eigenvalue weighted by atomic mass is 9.87. The monoisotopic (exact) mass is 287 g/mol. The fraction of sp³-hybridized carbons (Fsp3) is 0.867. The first-order valence-corrected chi connectivity index (χ1v) is 7.42. The van der Waals surface area contributed by atoms with Crippen molar-refractivity contribution in [1.29, 1.82) is 0 Å². The van der Waals surface area contributed by atoms with E-state index in [0.29, 0.717) is 13.2 Å². The van der Waals surface area contributed by atoms with Gasteiger partial charge in [-0.3, -0.25) is 0 Å². The van der Waals surface area contributed by atoms with Crippen molar-refractivity contribution in [2.45, 2.75) is 66.3 Å². The van der Waals surface area contributed by atoms with Crippen molar-refractivity contribution < 1.29 is 19.1 Å². The van der Waals surface area contributed by atoms with Crippen LogP contribution in [0.25, 0.3) is 0 Å². The van der Waals surface area contributed by atoms with Crippen molar-refractivity contribution in [3.63, 3.8) is 0 Å². The Morgan fingerprint density at radius 1 is 1.00 bits per heavy atom. The lowest BCUT2D eigenvalue weighted by Gasteiger charge is -2.29. The molecule has 0 aliphatic rings. The number of nitrogens with one attached hydrogen (secondary N) is 1. The molecule has 0 spiro atoms. The van der Waals surface area contributed by atoms with Crippen molar-refractivity contribution in [2.75, 3.05) is 13.2 Å². The highest BCUT2D eigenvalue weighted by Gasteiger charge is 2.34. The molecule has 0 fully saturated rings. The van der Waals surface area contributed by atoms with Gasteiger partial charge in [0.1, 0.15) is 6.04 Å². The second-order valence-electron chi connectivity index (χ2n) is 5.95. The summed E-state index contributed by atoms with van der Waals surface area (Å²) in [6.45, 7) is 10.4. The summed E-state index contributed by atoms with van der Waals surface area (Å²) in [5.74, 6) is -0.401. The number of carbonyl (C=O) groups excluding carboxylic acids is 2. The molecule has 20 heavy (non-hydrogen) atoms. The average molecular weight is 287 g/mol. The Balaban J connectivity index is 4.41. The Labute approximate surface area is 122 Å². The topological polar surface area (TPSA) is 64.6 Å². The molecule has 118 valence electrons. The fourth-order valence-corrected chi connectivity index (χ4v) is 1.59. The summed E-state index contributed by atoms with van der Waals surface area (Å²) in [6, 6.07) is -0.700. The number of esters is 1. The highest BCUT2D eigenvalue weighted by Crippen LogP contribution is 2.20. The fourth-order valence-electron chi connectivity index (χ4n) is 1.59. The van der Waals surface area contributed by atoms with Gasteiger partial charge in [-0.2, -0.15) is 0 Å². The van der Waals surface area contributed by atoms with Crippen molar-refractivity contribution >= 4 is 12.1 Å². The van der Waals surface area contributed by atoms with Crippen molar-refractivity contribution in [1.82, 2.24) is 5.32 Å². The van der Waals surface area contributed by atoms with Crippen LogP contribution in [0.1, 0.15) is 60.3 Å². The highest BCUT2D eigenvalue weighted by molar-refractivity contribution is 5.82. The molecule has 0 aromatic rings. The van der Waals surface area contributed by atoms with Crippen LogP contribution in [-0.4, -0.2) is 31.3 Å². The summed E-state index contributed by atoms with van der Waals surface area (Å²) in [6.07, 6.45) is 3.12. The molecular formula is C15H29NO4. The van der Waals surface area contributed by atoms with E-state index in [2.05, 4.69) is 12.2 Å². The Morgan fingerprint density at radius 2 is 1.65 bits per heavy atom. The molecule has 0 aromatic heterocycles. The number of carbonyl (C=O) groups is 2. The zero-order chi connectivity index (χ0) is 15.6. The minimum Gasteiger partial charge on any atom is -0.464 e. The third-order valence-corrected chi connectivity index (χ3v) is 2.79. The Morgan fingerprint density at radius 3 is 2.15 bits per heavy atom. The molecule has 5 heteroatoms. The summed E-state index contributed by atoms with van der Waals surface area (Å²) in [4.78, 5) is 23.7. The Hall–Kier alpha value is -1.26. The molecule has 0 aliphatic heterocycles. The second-order valence-corrected chi connectivity index (χ2v) is 5.95. The first kappa shape index (κ1) is 18.7. The molecule has 0 saturated heterocycles. The molecule has 0 heterocycles. The molecule has 0 aromatic carbocycles. The van der Waals surface area contributed by atoms with Gasteiger partial charge in [0.05, 0.1) is 13.2 Å². The van der Waals surface area contributed by atoms with Crippen molar-refractivity contribution in [3.8, 4) is 0 Å². The van der Waals surface area contributed by atoms with Crippen LogP contribution in [0.4, 0.5) is 4.79 Å². The average Bonchev–Trinajstić information content (AvgIpc) is 2.37. The molecular weight excluding hydrogens is 258 g/mol. The summed E-state index contributed by atoms with van der Waals surface area (Å²) in [7, 11) is 0. The first-order chi connectivity index (χ1) is 9.32. The quantitative estimate of drug-likeness (QED) is 0.549. The molecule has 0 saturated carbocycles. The van der Waals surface area contributed by atoms with Gasteiger partial charge in [-0.25, -0.2) is 9.59 Å². The van der Waals surface area contributed by atoms with Gasteiger partial charge in [-0.1, -0.05) is 47.5 Å². The van der Waals surface area contributed by atoms with Gasteiger partial charge < -0.3 is 14.8 Å². The first-order valence-electron chi connectivity index (χ1n) is 7.42. The van der Waals surface area contributed by atoms with Crippen LogP contribution >= 0.6 is 0 Å². The maximum absolute atomic E-state index is 12.1. The van der Waals surface area contributed by atoms with Gasteiger partial charge in [0.15, 0.2) is 0 Å². The summed E-state index contributed by atoms with van der Waals surface area (Å²) in [5, 5.41) is 2.60. The van der Waals surface area contributed by atoms with Crippen LogP contribution in [0.15, 0.2) is 0 Å². The smallest absolute Gasteiger partial charge is 0.407 e. The summed E-state index contributed by atoms with van der Waals surface area (Å²) >= 11 is 0. The molecule has 5 nitrogen and oxygen atoms in total. The van der Waals surface area contributed by atoms with Gasteiger partial charge in [0, 0.05) is 0 Å². The van der Waals surface area contributed by atoms with Crippen LogP contribution < -0.4 is 5.32 Å². The van der Waals surface area contributed by atoms with E-state index in [0.717, 1.165) is 25.7 Å². The number of hydrogen-bond acceptors (Lipinski definition) is 4. The van der Waals surface area contributed by atoms with E-state index < -0.39 is 23.5 Å². The minimum absolute atomic E-state index is 0.342.